The Morgan fingerprint density at radius 3 is 2.19 bits per heavy atom. The average molecular weight is 430 g/mol. The fourth-order valence-electron chi connectivity index (χ4n) is 4.94. The molecule has 168 valence electrons. The van der Waals surface area contributed by atoms with Crippen LogP contribution in [-0.4, -0.2) is 65.3 Å². The summed E-state index contributed by atoms with van der Waals surface area (Å²) >= 11 is 0. The van der Waals surface area contributed by atoms with Gasteiger partial charge in [-0.05, 0) is 51.9 Å². The van der Waals surface area contributed by atoms with E-state index >= 15 is 0 Å². The van der Waals surface area contributed by atoms with E-state index in [-0.39, 0.29) is 11.9 Å². The molecule has 2 aliphatic rings. The molecule has 3 amide bonds. The first kappa shape index (κ1) is 21.4. The molecule has 2 aromatic heterocycles. The van der Waals surface area contributed by atoms with Crippen LogP contribution in [0.25, 0.3) is 0 Å². The molecule has 1 atom stereocenters. The summed E-state index contributed by atoms with van der Waals surface area (Å²) in [6.45, 7) is 8.63. The summed E-state index contributed by atoms with van der Waals surface area (Å²) < 4.78 is 10.7. The third-order valence-electron chi connectivity index (χ3n) is 6.94. The van der Waals surface area contributed by atoms with Crippen molar-refractivity contribution >= 4 is 11.9 Å². The van der Waals surface area contributed by atoms with E-state index in [1.165, 1.54) is 0 Å². The zero-order valence-corrected chi connectivity index (χ0v) is 18.7. The number of amides is 3. The van der Waals surface area contributed by atoms with Gasteiger partial charge >= 0.3 is 6.03 Å². The molecule has 2 saturated heterocycles. The van der Waals surface area contributed by atoms with Crippen LogP contribution in [0.15, 0.2) is 9.05 Å². The van der Waals surface area contributed by atoms with Crippen LogP contribution in [-0.2, 0) is 6.42 Å². The second kappa shape index (κ2) is 8.72. The first-order chi connectivity index (χ1) is 14.9. The van der Waals surface area contributed by atoms with Gasteiger partial charge in [-0.3, -0.25) is 4.79 Å². The number of aromatic nitrogens is 2. The Morgan fingerprint density at radius 2 is 1.55 bits per heavy atom. The molecule has 2 aromatic rings. The highest BCUT2D eigenvalue weighted by atomic mass is 16.5. The number of nitrogens with one attached hydrogen (secondary N) is 1. The maximum Gasteiger partial charge on any atom is 0.317 e. The molecular weight excluding hydrogens is 398 g/mol. The standard InChI is InChI=1S/C22H31N5O4/c1-13-18(14(2)30-24-13)11-19-15(3)31-25-20(19)21(28)27-10-7-17(12-27)16-5-8-26(9-6-16)22(29)23-4/h16-17H,5-12H2,1-4H3,(H,23,29). The Morgan fingerprint density at radius 1 is 0.935 bits per heavy atom. The van der Waals surface area contributed by atoms with Gasteiger partial charge in [0.25, 0.3) is 5.91 Å². The van der Waals surface area contributed by atoms with Crippen LogP contribution in [0.2, 0.25) is 0 Å². The summed E-state index contributed by atoms with van der Waals surface area (Å²) in [7, 11) is 1.67. The van der Waals surface area contributed by atoms with Gasteiger partial charge < -0.3 is 24.2 Å². The number of urea groups is 1. The molecule has 0 aromatic carbocycles. The topological polar surface area (TPSA) is 105 Å². The zero-order chi connectivity index (χ0) is 22.1. The molecule has 0 aliphatic carbocycles. The van der Waals surface area contributed by atoms with Gasteiger partial charge in [-0.15, -0.1) is 0 Å². The summed E-state index contributed by atoms with van der Waals surface area (Å²) in [4.78, 5) is 28.9. The van der Waals surface area contributed by atoms with Crippen molar-refractivity contribution in [2.45, 2.75) is 46.5 Å². The lowest BCUT2D eigenvalue weighted by molar-refractivity contribution is 0.0765. The number of hydrogen-bond acceptors (Lipinski definition) is 6. The molecule has 0 bridgehead atoms. The van der Waals surface area contributed by atoms with Gasteiger partial charge in [0.2, 0.25) is 0 Å². The number of aryl methyl sites for hydroxylation is 3. The lowest BCUT2D eigenvalue weighted by Crippen LogP contribution is -2.44. The monoisotopic (exact) mass is 429 g/mol. The molecule has 1 unspecified atom stereocenters. The first-order valence-corrected chi connectivity index (χ1v) is 11.0. The quantitative estimate of drug-likeness (QED) is 0.801. The number of likely N-dealkylation sites (tertiary alicyclic amines) is 2. The van der Waals surface area contributed by atoms with E-state index < -0.39 is 0 Å². The Labute approximate surface area is 182 Å². The summed E-state index contributed by atoms with van der Waals surface area (Å²) in [6.07, 6.45) is 3.49. The molecule has 9 nitrogen and oxygen atoms in total. The molecule has 31 heavy (non-hydrogen) atoms. The van der Waals surface area contributed by atoms with Gasteiger partial charge in [-0.25, -0.2) is 4.79 Å². The van der Waals surface area contributed by atoms with Crippen LogP contribution in [0.5, 0.6) is 0 Å². The zero-order valence-electron chi connectivity index (χ0n) is 18.7. The Hall–Kier alpha value is -2.84. The SMILES string of the molecule is CNC(=O)N1CCC(C2CCN(C(=O)c3noc(C)c3Cc3c(C)noc3C)C2)CC1. The van der Waals surface area contributed by atoms with Gasteiger partial charge in [0.05, 0.1) is 5.69 Å². The van der Waals surface area contributed by atoms with Crippen molar-refractivity contribution in [3.05, 3.63) is 34.0 Å². The van der Waals surface area contributed by atoms with Crippen LogP contribution >= 0.6 is 0 Å². The third kappa shape index (κ3) is 4.18. The predicted octanol–water partition coefficient (Wildman–Crippen LogP) is 2.69. The molecule has 2 fully saturated rings. The second-order valence-corrected chi connectivity index (χ2v) is 8.72. The Balaban J connectivity index is 1.41. The van der Waals surface area contributed by atoms with Crippen LogP contribution in [0.4, 0.5) is 4.79 Å². The lowest BCUT2D eigenvalue weighted by atomic mass is 9.84. The normalized spacial score (nSPS) is 19.8. The van der Waals surface area contributed by atoms with Crippen LogP contribution < -0.4 is 5.32 Å². The van der Waals surface area contributed by atoms with Crippen molar-refractivity contribution in [3.63, 3.8) is 0 Å². The number of rotatable bonds is 4. The number of hydrogen-bond donors (Lipinski definition) is 1. The van der Waals surface area contributed by atoms with E-state index in [2.05, 4.69) is 15.6 Å². The molecule has 0 saturated carbocycles. The lowest BCUT2D eigenvalue weighted by Gasteiger charge is -2.34. The van der Waals surface area contributed by atoms with Crippen LogP contribution in [0, 0.1) is 32.6 Å². The van der Waals surface area contributed by atoms with Gasteiger partial charge in [0.15, 0.2) is 5.69 Å². The summed E-state index contributed by atoms with van der Waals surface area (Å²) in [5.74, 6) is 2.35. The number of nitrogens with zero attached hydrogens (tertiary/aromatic N) is 4. The van der Waals surface area contributed by atoms with E-state index in [1.807, 2.05) is 30.6 Å². The molecule has 4 heterocycles. The summed E-state index contributed by atoms with van der Waals surface area (Å²) in [6, 6.07) is -0.00564. The fraction of sp³-hybridized carbons (Fsp3) is 0.636. The van der Waals surface area contributed by atoms with E-state index in [0.717, 1.165) is 68.0 Å². The van der Waals surface area contributed by atoms with Crippen molar-refractivity contribution in [3.8, 4) is 0 Å². The largest absolute Gasteiger partial charge is 0.361 e. The van der Waals surface area contributed by atoms with E-state index in [9.17, 15) is 9.59 Å². The minimum Gasteiger partial charge on any atom is -0.361 e. The molecule has 0 radical (unpaired) electrons. The fourth-order valence-corrected chi connectivity index (χ4v) is 4.94. The number of carbonyl (C=O) groups excluding carboxylic acids is 2. The van der Waals surface area contributed by atoms with Crippen LogP contribution in [0.1, 0.15) is 58.1 Å². The third-order valence-corrected chi connectivity index (χ3v) is 6.94. The predicted molar refractivity (Wildman–Crippen MR) is 113 cm³/mol. The van der Waals surface area contributed by atoms with Gasteiger partial charge in [-0.1, -0.05) is 10.3 Å². The van der Waals surface area contributed by atoms with Gasteiger partial charge in [-0.2, -0.15) is 0 Å². The maximum absolute atomic E-state index is 13.3. The number of carbonyl (C=O) groups is 2. The molecule has 2 aliphatic heterocycles. The van der Waals surface area contributed by atoms with Gasteiger partial charge in [0.1, 0.15) is 11.5 Å². The Kier molecular flexibility index (Phi) is 6.02. The van der Waals surface area contributed by atoms with E-state index in [0.29, 0.717) is 29.7 Å². The summed E-state index contributed by atoms with van der Waals surface area (Å²) in [5, 5.41) is 10.8. The average Bonchev–Trinajstić information content (AvgIpc) is 3.49. The highest BCUT2D eigenvalue weighted by molar-refractivity contribution is 5.94. The molecule has 0 spiro atoms. The highest BCUT2D eigenvalue weighted by Crippen LogP contribution is 2.33. The van der Waals surface area contributed by atoms with Crippen molar-refractivity contribution in [2.24, 2.45) is 11.8 Å². The van der Waals surface area contributed by atoms with E-state index in [1.54, 1.807) is 7.05 Å². The molecule has 9 heteroatoms. The van der Waals surface area contributed by atoms with Crippen molar-refractivity contribution in [1.82, 2.24) is 25.4 Å². The number of piperidine rings is 1. The second-order valence-electron chi connectivity index (χ2n) is 8.72. The first-order valence-electron chi connectivity index (χ1n) is 11.0. The van der Waals surface area contributed by atoms with Crippen molar-refractivity contribution in [1.29, 1.82) is 0 Å². The highest BCUT2D eigenvalue weighted by Gasteiger charge is 2.36. The molecular formula is C22H31N5O4. The Bertz CT molecular complexity index is 938. The van der Waals surface area contributed by atoms with Crippen molar-refractivity contribution < 1.29 is 18.6 Å². The van der Waals surface area contributed by atoms with Crippen LogP contribution in [0.3, 0.4) is 0 Å². The minimum absolute atomic E-state index is 0.00564. The smallest absolute Gasteiger partial charge is 0.317 e. The van der Waals surface area contributed by atoms with Crippen molar-refractivity contribution in [2.75, 3.05) is 33.2 Å². The minimum atomic E-state index is -0.0658. The van der Waals surface area contributed by atoms with Gasteiger partial charge in [0, 0.05) is 50.8 Å². The molecule has 1 N–H and O–H groups in total. The maximum atomic E-state index is 13.3. The van der Waals surface area contributed by atoms with E-state index in [4.69, 9.17) is 9.05 Å². The summed E-state index contributed by atoms with van der Waals surface area (Å²) in [5.41, 5.74) is 3.00. The molecule has 4 rings (SSSR count).